The Hall–Kier alpha value is -0.0800. The third kappa shape index (κ3) is 8.21. The summed E-state index contributed by atoms with van der Waals surface area (Å²) in [5, 5.41) is 3.87. The van der Waals surface area contributed by atoms with Gasteiger partial charge in [0.15, 0.2) is 0 Å². The first kappa shape index (κ1) is 17.3. The average molecular weight is 295 g/mol. The molecule has 2 fully saturated rings. The fourth-order valence-electron chi connectivity index (χ4n) is 3.98. The van der Waals surface area contributed by atoms with E-state index in [0.29, 0.717) is 0 Å². The van der Waals surface area contributed by atoms with Crippen LogP contribution < -0.4 is 5.32 Å². The van der Waals surface area contributed by atoms with Gasteiger partial charge in [0.1, 0.15) is 0 Å². The summed E-state index contributed by atoms with van der Waals surface area (Å²) in [6, 6.07) is 0.808. The van der Waals surface area contributed by atoms with Gasteiger partial charge >= 0.3 is 0 Å². The highest BCUT2D eigenvalue weighted by Crippen LogP contribution is 2.17. The lowest BCUT2D eigenvalue weighted by molar-refractivity contribution is 0.322. The Morgan fingerprint density at radius 3 is 1.76 bits per heavy atom. The molecule has 1 aliphatic heterocycles. The van der Waals surface area contributed by atoms with E-state index in [2.05, 4.69) is 10.2 Å². The molecular formula is C19H38N2. The van der Waals surface area contributed by atoms with Crippen LogP contribution in [0.5, 0.6) is 0 Å². The zero-order chi connectivity index (χ0) is 14.6. The molecule has 0 aromatic carbocycles. The minimum absolute atomic E-state index is 0.808. The van der Waals surface area contributed by atoms with E-state index in [1.165, 1.54) is 116 Å². The van der Waals surface area contributed by atoms with Crippen LogP contribution in [0.4, 0.5) is 0 Å². The molecule has 0 spiro atoms. The van der Waals surface area contributed by atoms with Crippen LogP contribution >= 0.6 is 0 Å². The fourth-order valence-corrected chi connectivity index (χ4v) is 3.98. The van der Waals surface area contributed by atoms with Crippen molar-refractivity contribution in [3.63, 3.8) is 0 Å². The molecular weight excluding hydrogens is 256 g/mol. The summed E-state index contributed by atoms with van der Waals surface area (Å²) in [5.74, 6) is 0. The first-order valence-corrected chi connectivity index (χ1v) is 9.91. The predicted molar refractivity (Wildman–Crippen MR) is 92.9 cm³/mol. The second kappa shape index (κ2) is 11.5. The Morgan fingerprint density at radius 2 is 1.19 bits per heavy atom. The number of hydrogen-bond donors (Lipinski definition) is 1. The summed E-state index contributed by atoms with van der Waals surface area (Å²) in [6.07, 6.45) is 20.3. The Labute approximate surface area is 133 Å². The largest absolute Gasteiger partial charge is 0.314 e. The zero-order valence-electron chi connectivity index (χ0n) is 14.3. The highest BCUT2D eigenvalue weighted by atomic mass is 15.1. The average Bonchev–Trinajstić information content (AvgIpc) is 2.99. The lowest BCUT2D eigenvalue weighted by Crippen LogP contribution is -2.32. The van der Waals surface area contributed by atoms with Gasteiger partial charge in [-0.3, -0.25) is 0 Å². The summed E-state index contributed by atoms with van der Waals surface area (Å²) in [7, 11) is 0. The molecule has 0 amide bonds. The predicted octanol–water partition coefficient (Wildman–Crippen LogP) is 4.74. The molecule has 2 aliphatic rings. The topological polar surface area (TPSA) is 15.3 Å². The van der Waals surface area contributed by atoms with Crippen molar-refractivity contribution in [1.29, 1.82) is 0 Å². The first-order valence-electron chi connectivity index (χ1n) is 9.91. The van der Waals surface area contributed by atoms with E-state index in [1.54, 1.807) is 0 Å². The van der Waals surface area contributed by atoms with Crippen LogP contribution in [0.3, 0.4) is 0 Å². The number of nitrogens with one attached hydrogen (secondary N) is 1. The van der Waals surface area contributed by atoms with Crippen LogP contribution in [0, 0.1) is 0 Å². The Bertz CT molecular complexity index is 224. The Kier molecular flexibility index (Phi) is 9.45. The van der Waals surface area contributed by atoms with Crippen molar-refractivity contribution in [3.8, 4) is 0 Å². The molecule has 1 aliphatic carbocycles. The van der Waals surface area contributed by atoms with E-state index in [4.69, 9.17) is 0 Å². The van der Waals surface area contributed by atoms with Gasteiger partial charge in [0.2, 0.25) is 0 Å². The number of hydrogen-bond acceptors (Lipinski definition) is 2. The third-order valence-corrected chi connectivity index (χ3v) is 5.39. The van der Waals surface area contributed by atoms with Crippen molar-refractivity contribution in [2.24, 2.45) is 0 Å². The Balaban J connectivity index is 1.56. The molecule has 0 atom stereocenters. The number of likely N-dealkylation sites (tertiary alicyclic amines) is 1. The molecule has 1 saturated heterocycles. The molecule has 0 unspecified atom stereocenters. The molecule has 0 radical (unpaired) electrons. The van der Waals surface area contributed by atoms with Gasteiger partial charge in [-0.2, -0.15) is 0 Å². The van der Waals surface area contributed by atoms with Crippen LogP contribution in [-0.2, 0) is 0 Å². The summed E-state index contributed by atoms with van der Waals surface area (Å²) in [4.78, 5) is 2.64. The Morgan fingerprint density at radius 1 is 0.667 bits per heavy atom. The normalized spacial score (nSPS) is 24.6. The van der Waals surface area contributed by atoms with Crippen molar-refractivity contribution in [1.82, 2.24) is 10.2 Å². The monoisotopic (exact) mass is 294 g/mol. The molecule has 0 bridgehead atoms. The van der Waals surface area contributed by atoms with Crippen molar-refractivity contribution < 1.29 is 0 Å². The van der Waals surface area contributed by atoms with Crippen LogP contribution in [0.2, 0.25) is 0 Å². The van der Waals surface area contributed by atoms with Gasteiger partial charge in [-0.25, -0.2) is 0 Å². The highest BCUT2D eigenvalue weighted by Gasteiger charge is 2.12. The van der Waals surface area contributed by atoms with Gasteiger partial charge in [-0.05, 0) is 58.3 Å². The lowest BCUT2D eigenvalue weighted by Gasteiger charge is -2.21. The summed E-state index contributed by atoms with van der Waals surface area (Å²) < 4.78 is 0. The number of rotatable bonds is 5. The third-order valence-electron chi connectivity index (χ3n) is 5.39. The van der Waals surface area contributed by atoms with Gasteiger partial charge in [-0.1, -0.05) is 57.8 Å². The maximum absolute atomic E-state index is 3.87. The maximum atomic E-state index is 3.87. The molecule has 2 heteroatoms. The molecule has 124 valence electrons. The van der Waals surface area contributed by atoms with Crippen molar-refractivity contribution in [3.05, 3.63) is 0 Å². The molecule has 2 rings (SSSR count). The standard InChI is InChI=1S/C19H38N2/c1-2-4-6-8-13-19(14-9-7-5-3-1)20-15-12-18-21-16-10-11-17-21/h19-20H,1-18H2. The van der Waals surface area contributed by atoms with Crippen molar-refractivity contribution in [2.75, 3.05) is 26.2 Å². The highest BCUT2D eigenvalue weighted by molar-refractivity contribution is 4.70. The van der Waals surface area contributed by atoms with Gasteiger partial charge in [0.25, 0.3) is 0 Å². The minimum atomic E-state index is 0.808. The number of nitrogens with zero attached hydrogens (tertiary/aromatic N) is 1. The fraction of sp³-hybridized carbons (Fsp3) is 1.00. The van der Waals surface area contributed by atoms with Crippen LogP contribution in [0.1, 0.15) is 89.9 Å². The minimum Gasteiger partial charge on any atom is -0.314 e. The van der Waals surface area contributed by atoms with E-state index in [1.807, 2.05) is 0 Å². The van der Waals surface area contributed by atoms with Gasteiger partial charge in [0, 0.05) is 6.04 Å². The van der Waals surface area contributed by atoms with Gasteiger partial charge in [-0.15, -0.1) is 0 Å². The SMILES string of the molecule is C1CCCCCC(NCCCN2CCCC2)CCCCC1. The van der Waals surface area contributed by atoms with Crippen LogP contribution in [0.15, 0.2) is 0 Å². The summed E-state index contributed by atoms with van der Waals surface area (Å²) >= 11 is 0. The van der Waals surface area contributed by atoms with E-state index < -0.39 is 0 Å². The van der Waals surface area contributed by atoms with Gasteiger partial charge < -0.3 is 10.2 Å². The van der Waals surface area contributed by atoms with Crippen molar-refractivity contribution >= 4 is 0 Å². The molecule has 1 saturated carbocycles. The van der Waals surface area contributed by atoms with Crippen LogP contribution in [0.25, 0.3) is 0 Å². The maximum Gasteiger partial charge on any atom is 0.00670 e. The smallest absolute Gasteiger partial charge is 0.00670 e. The molecule has 21 heavy (non-hydrogen) atoms. The van der Waals surface area contributed by atoms with E-state index in [0.717, 1.165) is 6.04 Å². The first-order chi connectivity index (χ1) is 10.4. The molecule has 2 nitrogen and oxygen atoms in total. The second-order valence-electron chi connectivity index (χ2n) is 7.31. The molecule has 1 heterocycles. The lowest BCUT2D eigenvalue weighted by atomic mass is 9.98. The van der Waals surface area contributed by atoms with E-state index >= 15 is 0 Å². The van der Waals surface area contributed by atoms with E-state index in [-0.39, 0.29) is 0 Å². The second-order valence-corrected chi connectivity index (χ2v) is 7.31. The summed E-state index contributed by atoms with van der Waals surface area (Å²) in [6.45, 7) is 5.26. The van der Waals surface area contributed by atoms with E-state index in [9.17, 15) is 0 Å². The van der Waals surface area contributed by atoms with Crippen LogP contribution in [-0.4, -0.2) is 37.1 Å². The molecule has 0 aromatic heterocycles. The van der Waals surface area contributed by atoms with Gasteiger partial charge in [0.05, 0.1) is 0 Å². The van der Waals surface area contributed by atoms with Crippen molar-refractivity contribution in [2.45, 2.75) is 95.9 Å². The quantitative estimate of drug-likeness (QED) is 0.737. The zero-order valence-corrected chi connectivity index (χ0v) is 14.3. The summed E-state index contributed by atoms with van der Waals surface area (Å²) in [5.41, 5.74) is 0. The molecule has 1 N–H and O–H groups in total. The molecule has 0 aromatic rings.